The Bertz CT molecular complexity index is 6700. The van der Waals surface area contributed by atoms with Crippen molar-refractivity contribution < 1.29 is 9.47 Å². The molecule has 22 rings (SSSR count). The SMILES string of the molecule is CC12CC=CC=C1Oc1ccc(-c3cccc(-c4nc(-c5ccc6ccccc6c5)cc(-c5ccccc5-c5cccc(-c6ccc(-c7cc(-c8ccccc8)nc(-c8cccc(-c9ccc%10c(c9)C9(c%11ccccc%11O%10)c%10ccccc%10-c%10ccccc%109)c8)n7)cc6)c5)n4)c3)cc1C21c2ccccc2-c2ccccc21. The van der Waals surface area contributed by atoms with Gasteiger partial charge in [0.1, 0.15) is 23.0 Å². The van der Waals surface area contributed by atoms with Gasteiger partial charge >= 0.3 is 0 Å². The second-order valence-electron chi connectivity index (χ2n) is 30.0. The molecule has 15 aromatic carbocycles. The summed E-state index contributed by atoms with van der Waals surface area (Å²) in [6, 6.07) is 131. The maximum Gasteiger partial charge on any atom is 0.160 e. The second kappa shape index (κ2) is 25.2. The van der Waals surface area contributed by atoms with E-state index in [1.807, 2.05) is 6.07 Å². The van der Waals surface area contributed by atoms with Crippen molar-refractivity contribution in [2.75, 3.05) is 0 Å². The van der Waals surface area contributed by atoms with Crippen LogP contribution in [0.15, 0.2) is 388 Å². The molecule has 4 heterocycles. The molecule has 2 aromatic heterocycles. The molecule has 0 N–H and O–H groups in total. The molecule has 520 valence electrons. The van der Waals surface area contributed by atoms with E-state index in [4.69, 9.17) is 29.4 Å². The van der Waals surface area contributed by atoms with E-state index in [-0.39, 0.29) is 0 Å². The molecule has 0 fully saturated rings. The van der Waals surface area contributed by atoms with Gasteiger partial charge in [-0.2, -0.15) is 0 Å². The Morgan fingerprint density at radius 2 is 0.667 bits per heavy atom. The molecule has 6 nitrogen and oxygen atoms in total. The van der Waals surface area contributed by atoms with Crippen molar-refractivity contribution in [3.8, 4) is 152 Å². The van der Waals surface area contributed by atoms with E-state index < -0.39 is 16.2 Å². The molecule has 17 aromatic rings. The number of aromatic nitrogens is 4. The summed E-state index contributed by atoms with van der Waals surface area (Å²) < 4.78 is 13.9. The molecule has 3 aliphatic carbocycles. The molecule has 111 heavy (non-hydrogen) atoms. The molecule has 2 aliphatic heterocycles. The van der Waals surface area contributed by atoms with Gasteiger partial charge < -0.3 is 9.47 Å². The zero-order chi connectivity index (χ0) is 73.4. The first-order valence-electron chi connectivity index (χ1n) is 38.2. The van der Waals surface area contributed by atoms with Crippen molar-refractivity contribution in [3.05, 3.63) is 427 Å². The van der Waals surface area contributed by atoms with E-state index in [1.165, 1.54) is 55.5 Å². The van der Waals surface area contributed by atoms with E-state index in [0.717, 1.165) is 147 Å². The molecule has 1 unspecified atom stereocenters. The maximum absolute atomic E-state index is 7.03. The minimum Gasteiger partial charge on any atom is -0.461 e. The highest BCUT2D eigenvalue weighted by Crippen LogP contribution is 2.69. The molecule has 0 saturated carbocycles. The van der Waals surface area contributed by atoms with Crippen molar-refractivity contribution in [1.29, 1.82) is 0 Å². The number of allylic oxidation sites excluding steroid dienone is 4. The summed E-state index contributed by atoms with van der Waals surface area (Å²) in [5, 5.41) is 2.32. The van der Waals surface area contributed by atoms with E-state index in [2.05, 4.69) is 383 Å². The van der Waals surface area contributed by atoms with E-state index in [1.54, 1.807) is 0 Å². The van der Waals surface area contributed by atoms with Crippen molar-refractivity contribution in [2.24, 2.45) is 5.41 Å². The van der Waals surface area contributed by atoms with Gasteiger partial charge in [0.2, 0.25) is 0 Å². The number of nitrogens with zero attached hydrogens (tertiary/aromatic N) is 4. The lowest BCUT2D eigenvalue weighted by Crippen LogP contribution is -2.50. The van der Waals surface area contributed by atoms with Gasteiger partial charge in [-0.05, 0) is 179 Å². The number of hydrogen-bond donors (Lipinski definition) is 0. The highest BCUT2D eigenvalue weighted by Gasteiger charge is 2.62. The minimum atomic E-state index is -0.580. The standard InChI is InChI=1S/C105H68N4O2/c1-103-57-20-19-46-100(103)111-99-56-54-75(63-92(99)105(103)88-42-15-11-37-83(88)84-38-12-16-43-89(84)105)73-30-23-33-79(61-73)102-108-95(77-52-49-66-24-5-6-27-70(66)59-77)65-96(109-102)85-39-8-7-34-80(85)76-31-21-28-71(58-76)67-47-50-69(51-48-67)94-64-93(68-25-3-2-4-26-68)106-101(107-94)78-32-22-29-72(60-78)74-53-55-98-91(62-74)104(90-44-17-18-45-97(90)110-98)86-40-13-9-35-81(86)82-36-10-14-41-87(82)104/h2-56,58-65H,57H2,1H3. The molecule has 0 bridgehead atoms. The molecule has 6 heteroatoms. The fraction of sp³-hybridized carbons (Fsp3) is 0.0476. The molecule has 1 atom stereocenters. The third-order valence-corrected chi connectivity index (χ3v) is 24.0. The van der Waals surface area contributed by atoms with Crippen LogP contribution < -0.4 is 9.47 Å². The Kier molecular flexibility index (Phi) is 14.5. The molecular formula is C105H68N4O2. The highest BCUT2D eigenvalue weighted by atomic mass is 16.5. The van der Waals surface area contributed by atoms with Gasteiger partial charge in [0.15, 0.2) is 11.6 Å². The highest BCUT2D eigenvalue weighted by molar-refractivity contribution is 5.93. The van der Waals surface area contributed by atoms with Crippen LogP contribution in [0.5, 0.6) is 17.2 Å². The van der Waals surface area contributed by atoms with Crippen LogP contribution in [-0.4, -0.2) is 19.9 Å². The number of ether oxygens (including phenoxy) is 2. The minimum absolute atomic E-state index is 0.396. The average molecular weight is 1420 g/mol. The summed E-state index contributed by atoms with van der Waals surface area (Å²) in [5.74, 6) is 4.88. The lowest BCUT2D eigenvalue weighted by Gasteiger charge is -2.53. The van der Waals surface area contributed by atoms with Crippen LogP contribution in [0.4, 0.5) is 0 Å². The van der Waals surface area contributed by atoms with Gasteiger partial charge in [0.05, 0.1) is 33.6 Å². The van der Waals surface area contributed by atoms with Crippen molar-refractivity contribution >= 4 is 10.8 Å². The Morgan fingerprint density at radius 1 is 0.252 bits per heavy atom. The number of para-hydroxylation sites is 1. The van der Waals surface area contributed by atoms with Crippen molar-refractivity contribution in [2.45, 2.75) is 24.2 Å². The predicted octanol–water partition coefficient (Wildman–Crippen LogP) is 26.1. The number of hydrogen-bond acceptors (Lipinski definition) is 6. The van der Waals surface area contributed by atoms with Crippen LogP contribution in [0, 0.1) is 5.41 Å². The third kappa shape index (κ3) is 9.97. The molecule has 0 saturated heterocycles. The van der Waals surface area contributed by atoms with Gasteiger partial charge in [0.25, 0.3) is 0 Å². The largest absolute Gasteiger partial charge is 0.461 e. The fourth-order valence-electron chi connectivity index (χ4n) is 18.9. The van der Waals surface area contributed by atoms with E-state index in [0.29, 0.717) is 11.6 Å². The predicted molar refractivity (Wildman–Crippen MR) is 449 cm³/mol. The summed E-state index contributed by atoms with van der Waals surface area (Å²) >= 11 is 0. The Hall–Kier alpha value is -14.2. The molecule has 0 radical (unpaired) electrons. The molecule has 0 amide bonds. The molecule has 2 spiro atoms. The van der Waals surface area contributed by atoms with Gasteiger partial charge in [-0.1, -0.05) is 316 Å². The summed E-state index contributed by atoms with van der Waals surface area (Å²) in [7, 11) is 0. The molecule has 5 aliphatic rings. The topological polar surface area (TPSA) is 70.0 Å². The van der Waals surface area contributed by atoms with Crippen LogP contribution in [0.1, 0.15) is 52.3 Å². The quantitative estimate of drug-likeness (QED) is 0.136. The average Bonchev–Trinajstić information content (AvgIpc) is 1.56. The first-order valence-corrected chi connectivity index (χ1v) is 38.2. The van der Waals surface area contributed by atoms with Gasteiger partial charge in [-0.3, -0.25) is 0 Å². The fourth-order valence-corrected chi connectivity index (χ4v) is 18.9. The van der Waals surface area contributed by atoms with Crippen LogP contribution in [0.25, 0.3) is 145 Å². The Balaban J connectivity index is 0.606. The summed E-state index contributed by atoms with van der Waals surface area (Å²) in [5.41, 5.74) is 29.9. The number of benzene rings is 15. The molecular weight excluding hydrogens is 1350 g/mol. The lowest BCUT2D eigenvalue weighted by molar-refractivity contribution is 0.153. The van der Waals surface area contributed by atoms with Crippen LogP contribution in [0.2, 0.25) is 0 Å². The zero-order valence-corrected chi connectivity index (χ0v) is 60.7. The van der Waals surface area contributed by atoms with E-state index >= 15 is 0 Å². The first kappa shape index (κ1) is 64.0. The monoisotopic (exact) mass is 1420 g/mol. The third-order valence-electron chi connectivity index (χ3n) is 24.0. The van der Waals surface area contributed by atoms with Crippen LogP contribution in [-0.2, 0) is 10.8 Å². The second-order valence-corrected chi connectivity index (χ2v) is 30.0. The lowest BCUT2D eigenvalue weighted by atomic mass is 9.52. The Labute approximate surface area is 644 Å². The van der Waals surface area contributed by atoms with Gasteiger partial charge in [-0.25, -0.2) is 19.9 Å². The van der Waals surface area contributed by atoms with Crippen molar-refractivity contribution in [1.82, 2.24) is 19.9 Å². The first-order chi connectivity index (χ1) is 54.8. The van der Waals surface area contributed by atoms with Gasteiger partial charge in [0, 0.05) is 55.5 Å². The Morgan fingerprint density at radius 3 is 1.32 bits per heavy atom. The normalized spacial score (nSPS) is 15.2. The van der Waals surface area contributed by atoms with Crippen LogP contribution in [0.3, 0.4) is 0 Å². The van der Waals surface area contributed by atoms with Crippen LogP contribution >= 0.6 is 0 Å². The summed E-state index contributed by atoms with van der Waals surface area (Å²) in [6.07, 6.45) is 7.47. The van der Waals surface area contributed by atoms with Gasteiger partial charge in [-0.15, -0.1) is 0 Å². The smallest absolute Gasteiger partial charge is 0.160 e. The maximum atomic E-state index is 7.03. The number of fused-ring (bicyclic) bond motifs is 19. The van der Waals surface area contributed by atoms with Crippen molar-refractivity contribution in [3.63, 3.8) is 0 Å². The van der Waals surface area contributed by atoms with E-state index in [9.17, 15) is 0 Å². The summed E-state index contributed by atoms with van der Waals surface area (Å²) in [6.45, 7) is 2.40. The zero-order valence-electron chi connectivity index (χ0n) is 60.7. The number of rotatable bonds is 10. The summed E-state index contributed by atoms with van der Waals surface area (Å²) in [4.78, 5) is 21.8.